The van der Waals surface area contributed by atoms with Gasteiger partial charge in [-0.1, -0.05) is 6.07 Å². The molecule has 0 unspecified atom stereocenters. The minimum absolute atomic E-state index is 0.0780. The number of fused-ring (bicyclic) bond motifs is 1. The van der Waals surface area contributed by atoms with E-state index in [1.165, 1.54) is 59.3 Å². The van der Waals surface area contributed by atoms with E-state index in [2.05, 4.69) is 5.32 Å². The molecule has 6 heteroatoms. The number of amides is 1. The Morgan fingerprint density at radius 2 is 1.78 bits per heavy atom. The molecule has 0 atom stereocenters. The quantitative estimate of drug-likeness (QED) is 0.808. The SMILES string of the molecule is O=C(Cn1ccc(=O)c2cccc(F)c21)Nc1ccc(F)cc1. The second-order valence-corrected chi connectivity index (χ2v) is 5.00. The lowest BCUT2D eigenvalue weighted by Gasteiger charge is -2.11. The molecule has 4 nitrogen and oxygen atoms in total. The Kier molecular flexibility index (Phi) is 3.89. The van der Waals surface area contributed by atoms with Crippen LogP contribution in [0.15, 0.2) is 59.5 Å². The summed E-state index contributed by atoms with van der Waals surface area (Å²) in [4.78, 5) is 23.9. The summed E-state index contributed by atoms with van der Waals surface area (Å²) in [6.07, 6.45) is 1.37. The third-order valence-corrected chi connectivity index (χ3v) is 3.39. The van der Waals surface area contributed by atoms with Crippen molar-refractivity contribution >= 4 is 22.5 Å². The average molecular weight is 314 g/mol. The fraction of sp³-hybridized carbons (Fsp3) is 0.0588. The first kappa shape index (κ1) is 14.9. The van der Waals surface area contributed by atoms with Gasteiger partial charge >= 0.3 is 0 Å². The first-order valence-electron chi connectivity index (χ1n) is 6.88. The minimum Gasteiger partial charge on any atom is -0.335 e. The van der Waals surface area contributed by atoms with Crippen LogP contribution in [0.3, 0.4) is 0 Å². The molecule has 3 rings (SSSR count). The fourth-order valence-electron chi connectivity index (χ4n) is 2.35. The maximum absolute atomic E-state index is 14.0. The number of aromatic nitrogens is 1. The van der Waals surface area contributed by atoms with Crippen LogP contribution in [0.4, 0.5) is 14.5 Å². The Morgan fingerprint density at radius 3 is 2.52 bits per heavy atom. The lowest BCUT2D eigenvalue weighted by Crippen LogP contribution is -2.20. The summed E-state index contributed by atoms with van der Waals surface area (Å²) < 4.78 is 28.2. The van der Waals surface area contributed by atoms with Crippen LogP contribution < -0.4 is 10.7 Å². The number of halogens is 2. The highest BCUT2D eigenvalue weighted by atomic mass is 19.1. The number of nitrogens with one attached hydrogen (secondary N) is 1. The first-order valence-corrected chi connectivity index (χ1v) is 6.88. The van der Waals surface area contributed by atoms with E-state index in [-0.39, 0.29) is 22.9 Å². The number of para-hydroxylation sites is 1. The maximum atomic E-state index is 14.0. The summed E-state index contributed by atoms with van der Waals surface area (Å²) in [6, 6.07) is 10.8. The Morgan fingerprint density at radius 1 is 1.04 bits per heavy atom. The predicted molar refractivity (Wildman–Crippen MR) is 83.2 cm³/mol. The van der Waals surface area contributed by atoms with E-state index in [9.17, 15) is 18.4 Å². The third-order valence-electron chi connectivity index (χ3n) is 3.39. The molecule has 0 bridgehead atoms. The van der Waals surface area contributed by atoms with E-state index >= 15 is 0 Å². The van der Waals surface area contributed by atoms with Crippen molar-refractivity contribution in [2.45, 2.75) is 6.54 Å². The highest BCUT2D eigenvalue weighted by Gasteiger charge is 2.10. The number of anilines is 1. The molecule has 2 aromatic carbocycles. The van der Waals surface area contributed by atoms with Crippen LogP contribution in [-0.4, -0.2) is 10.5 Å². The number of nitrogens with zero attached hydrogens (tertiary/aromatic N) is 1. The molecule has 0 fully saturated rings. The van der Waals surface area contributed by atoms with E-state index < -0.39 is 17.5 Å². The zero-order valence-corrected chi connectivity index (χ0v) is 11.9. The van der Waals surface area contributed by atoms with Gasteiger partial charge in [0.25, 0.3) is 0 Å². The molecule has 0 aliphatic rings. The normalized spacial score (nSPS) is 10.7. The second kappa shape index (κ2) is 6.00. The van der Waals surface area contributed by atoms with Crippen molar-refractivity contribution < 1.29 is 13.6 Å². The zero-order valence-electron chi connectivity index (χ0n) is 11.9. The number of carbonyl (C=O) groups is 1. The molecule has 1 heterocycles. The van der Waals surface area contributed by atoms with Crippen molar-refractivity contribution in [1.82, 2.24) is 4.57 Å². The Labute approximate surface area is 130 Å². The molecule has 0 aliphatic carbocycles. The second-order valence-electron chi connectivity index (χ2n) is 5.00. The minimum atomic E-state index is -0.574. The van der Waals surface area contributed by atoms with Crippen LogP contribution in [0.25, 0.3) is 10.9 Å². The number of benzene rings is 2. The molecule has 0 radical (unpaired) electrons. The largest absolute Gasteiger partial charge is 0.335 e. The van der Waals surface area contributed by atoms with Crippen molar-refractivity contribution in [3.63, 3.8) is 0 Å². The summed E-state index contributed by atoms with van der Waals surface area (Å²) in [6.45, 7) is -0.172. The van der Waals surface area contributed by atoms with Gasteiger partial charge in [-0.25, -0.2) is 8.78 Å². The smallest absolute Gasteiger partial charge is 0.244 e. The van der Waals surface area contributed by atoms with Gasteiger partial charge in [0.15, 0.2) is 5.43 Å². The van der Waals surface area contributed by atoms with Crippen LogP contribution in [0.2, 0.25) is 0 Å². The van der Waals surface area contributed by atoms with Gasteiger partial charge in [0.05, 0.1) is 5.52 Å². The van der Waals surface area contributed by atoms with E-state index in [0.717, 1.165) is 0 Å². The van der Waals surface area contributed by atoms with Crippen molar-refractivity contribution in [3.05, 3.63) is 76.6 Å². The maximum Gasteiger partial charge on any atom is 0.244 e. The molecule has 23 heavy (non-hydrogen) atoms. The molecule has 1 N–H and O–H groups in total. The monoisotopic (exact) mass is 314 g/mol. The molecule has 0 saturated heterocycles. The van der Waals surface area contributed by atoms with Gasteiger partial charge in [-0.3, -0.25) is 9.59 Å². The van der Waals surface area contributed by atoms with Crippen LogP contribution in [0, 0.1) is 11.6 Å². The number of carbonyl (C=O) groups excluding carboxylic acids is 1. The lowest BCUT2D eigenvalue weighted by atomic mass is 10.2. The Bertz CT molecular complexity index is 933. The lowest BCUT2D eigenvalue weighted by molar-refractivity contribution is -0.116. The van der Waals surface area contributed by atoms with Gasteiger partial charge < -0.3 is 9.88 Å². The zero-order chi connectivity index (χ0) is 16.4. The van der Waals surface area contributed by atoms with Crippen molar-refractivity contribution in [3.8, 4) is 0 Å². The average Bonchev–Trinajstić information content (AvgIpc) is 2.53. The molecule has 0 aliphatic heterocycles. The molecule has 0 saturated carbocycles. The predicted octanol–water partition coefficient (Wildman–Crippen LogP) is 2.92. The molecule has 1 amide bonds. The van der Waals surface area contributed by atoms with Crippen molar-refractivity contribution in [2.75, 3.05) is 5.32 Å². The topological polar surface area (TPSA) is 51.1 Å². The van der Waals surface area contributed by atoms with Crippen LogP contribution in [0.5, 0.6) is 0 Å². The summed E-state index contributed by atoms with van der Waals surface area (Å²) in [5.41, 5.74) is 0.200. The van der Waals surface area contributed by atoms with E-state index in [1.807, 2.05) is 0 Å². The van der Waals surface area contributed by atoms with Crippen LogP contribution in [-0.2, 0) is 11.3 Å². The first-order chi connectivity index (χ1) is 11.0. The molecule has 0 spiro atoms. The summed E-state index contributed by atoms with van der Waals surface area (Å²) >= 11 is 0. The standard InChI is InChI=1S/C17H12F2N2O2/c18-11-4-6-12(7-5-11)20-16(23)10-21-9-8-15(22)13-2-1-3-14(19)17(13)21/h1-9H,10H2,(H,20,23). The number of hydrogen-bond acceptors (Lipinski definition) is 2. The van der Waals surface area contributed by atoms with Gasteiger partial charge in [0.1, 0.15) is 18.2 Å². The van der Waals surface area contributed by atoms with E-state index in [4.69, 9.17) is 0 Å². The third kappa shape index (κ3) is 3.11. The summed E-state index contributed by atoms with van der Waals surface area (Å²) in [5.74, 6) is -1.39. The molecule has 116 valence electrons. The molecular weight excluding hydrogens is 302 g/mol. The molecule has 3 aromatic rings. The summed E-state index contributed by atoms with van der Waals surface area (Å²) in [5, 5.41) is 2.80. The fourth-order valence-corrected chi connectivity index (χ4v) is 2.35. The summed E-state index contributed by atoms with van der Waals surface area (Å²) in [7, 11) is 0. The Balaban J connectivity index is 1.89. The highest BCUT2D eigenvalue weighted by molar-refractivity contribution is 5.91. The van der Waals surface area contributed by atoms with Gasteiger partial charge in [-0.15, -0.1) is 0 Å². The van der Waals surface area contributed by atoms with Gasteiger partial charge in [-0.05, 0) is 36.4 Å². The Hall–Kier alpha value is -3.02. The number of rotatable bonds is 3. The van der Waals surface area contributed by atoms with Gasteiger partial charge in [0, 0.05) is 23.3 Å². The van der Waals surface area contributed by atoms with Crippen molar-refractivity contribution in [1.29, 1.82) is 0 Å². The highest BCUT2D eigenvalue weighted by Crippen LogP contribution is 2.15. The van der Waals surface area contributed by atoms with E-state index in [1.54, 1.807) is 0 Å². The number of pyridine rings is 1. The van der Waals surface area contributed by atoms with Crippen molar-refractivity contribution in [2.24, 2.45) is 0 Å². The van der Waals surface area contributed by atoms with Crippen LogP contribution >= 0.6 is 0 Å². The molecule has 1 aromatic heterocycles. The number of hydrogen-bond donors (Lipinski definition) is 1. The van der Waals surface area contributed by atoms with Gasteiger partial charge in [-0.2, -0.15) is 0 Å². The van der Waals surface area contributed by atoms with E-state index in [0.29, 0.717) is 5.69 Å². The molecular formula is C17H12F2N2O2. The van der Waals surface area contributed by atoms with Crippen LogP contribution in [0.1, 0.15) is 0 Å². The van der Waals surface area contributed by atoms with Gasteiger partial charge in [0.2, 0.25) is 5.91 Å².